The van der Waals surface area contributed by atoms with Gasteiger partial charge in [-0.2, -0.15) is 0 Å². The predicted octanol–water partition coefficient (Wildman–Crippen LogP) is -4.19. The van der Waals surface area contributed by atoms with E-state index in [2.05, 4.69) is 4.52 Å². The third-order valence-corrected chi connectivity index (χ3v) is 5.98. The van der Waals surface area contributed by atoms with E-state index in [0.717, 1.165) is 6.07 Å². The van der Waals surface area contributed by atoms with Crippen molar-refractivity contribution in [2.75, 3.05) is 0 Å². The van der Waals surface area contributed by atoms with Crippen LogP contribution in [0.4, 0.5) is 0 Å². The molecule has 5 N–H and O–H groups in total. The normalized spacial score (nSPS) is 31.1. The van der Waals surface area contributed by atoms with Crippen LogP contribution in [0.2, 0.25) is 5.02 Å². The number of fused-ring (bicyclic) bond motifs is 1. The minimum absolute atomic E-state index is 0. The van der Waals surface area contributed by atoms with Crippen molar-refractivity contribution in [3.8, 4) is 5.75 Å². The van der Waals surface area contributed by atoms with Crippen LogP contribution in [0.1, 0.15) is 5.56 Å². The summed E-state index contributed by atoms with van der Waals surface area (Å²) in [6, 6.07) is 3.71. The van der Waals surface area contributed by atoms with E-state index in [9.17, 15) is 39.8 Å². The van der Waals surface area contributed by atoms with Crippen LogP contribution in [0.15, 0.2) is 27.4 Å². The number of aliphatic hydroxyl groups is 5. The zero-order chi connectivity index (χ0) is 21.7. The van der Waals surface area contributed by atoms with Gasteiger partial charge in [0.05, 0.1) is 0 Å². The van der Waals surface area contributed by atoms with E-state index in [1.165, 1.54) is 12.1 Å². The minimum Gasteiger partial charge on any atom is -0.746 e. The number of phosphoric acid groups is 1. The first-order valence-electron chi connectivity index (χ1n) is 8.25. The van der Waals surface area contributed by atoms with Gasteiger partial charge in [-0.15, -0.1) is 0 Å². The van der Waals surface area contributed by atoms with E-state index in [0.29, 0.717) is 10.9 Å². The van der Waals surface area contributed by atoms with Gasteiger partial charge in [0.25, 0.3) is 0 Å². The van der Waals surface area contributed by atoms with Crippen molar-refractivity contribution in [3.63, 3.8) is 0 Å². The molecule has 1 aromatic carbocycles. The summed E-state index contributed by atoms with van der Waals surface area (Å²) < 4.78 is 26.5. The summed E-state index contributed by atoms with van der Waals surface area (Å²) in [7, 11) is -5.26. The Balaban J connectivity index is 0.00000320. The Kier molecular flexibility index (Phi) is 7.84. The summed E-state index contributed by atoms with van der Waals surface area (Å²) in [6.07, 6.45) is -11.9. The van der Waals surface area contributed by atoms with Crippen LogP contribution in [-0.4, -0.2) is 62.2 Å². The maximum Gasteiger partial charge on any atom is 1.00 e. The summed E-state index contributed by atoms with van der Waals surface area (Å²) in [5.74, 6) is -0.318. The van der Waals surface area contributed by atoms with Gasteiger partial charge in [0.2, 0.25) is 0 Å². The second-order valence-corrected chi connectivity index (χ2v) is 8.21. The molecule has 1 saturated carbocycles. The fourth-order valence-corrected chi connectivity index (χ4v) is 4.09. The average Bonchev–Trinajstić information content (AvgIpc) is 2.66. The first kappa shape index (κ1) is 25.3. The van der Waals surface area contributed by atoms with Crippen molar-refractivity contribution in [1.82, 2.24) is 0 Å². The largest absolute Gasteiger partial charge is 1.00 e. The molecule has 3 rings (SSSR count). The molecule has 1 heterocycles. The van der Waals surface area contributed by atoms with Gasteiger partial charge in [-0.05, 0) is 24.6 Å². The Hall–Kier alpha value is -0.933. The number of aliphatic hydroxyl groups excluding tert-OH is 5. The zero-order valence-electron chi connectivity index (χ0n) is 15.7. The molecule has 1 fully saturated rings. The summed E-state index contributed by atoms with van der Waals surface area (Å²) in [6.45, 7) is 1.57. The molecule has 1 aliphatic rings. The molecule has 30 heavy (non-hydrogen) atoms. The molecule has 1 aromatic heterocycles. The van der Waals surface area contributed by atoms with E-state index < -0.39 is 50.1 Å². The van der Waals surface area contributed by atoms with Crippen LogP contribution in [0.5, 0.6) is 5.75 Å². The Morgan fingerprint density at radius 2 is 1.60 bits per heavy atom. The van der Waals surface area contributed by atoms with Gasteiger partial charge < -0.3 is 43.9 Å². The van der Waals surface area contributed by atoms with Gasteiger partial charge in [0.1, 0.15) is 53.0 Å². The molecule has 0 aliphatic heterocycles. The van der Waals surface area contributed by atoms with Crippen LogP contribution in [-0.2, 0) is 9.09 Å². The quantitative estimate of drug-likeness (QED) is 0.170. The summed E-state index contributed by atoms with van der Waals surface area (Å²) in [5.41, 5.74) is -0.424. The van der Waals surface area contributed by atoms with Crippen LogP contribution in [0.25, 0.3) is 11.0 Å². The van der Waals surface area contributed by atoms with Gasteiger partial charge in [0.15, 0.2) is 0 Å². The molecular formula is C16H17ClLiO11P. The van der Waals surface area contributed by atoms with Crippen molar-refractivity contribution in [2.24, 2.45) is 0 Å². The monoisotopic (exact) mass is 458 g/mol. The van der Waals surface area contributed by atoms with E-state index in [1.54, 1.807) is 6.92 Å². The molecule has 0 saturated heterocycles. The molecule has 0 amide bonds. The molecular weight excluding hydrogens is 442 g/mol. The van der Waals surface area contributed by atoms with Crippen molar-refractivity contribution >= 4 is 30.4 Å². The Morgan fingerprint density at radius 3 is 2.17 bits per heavy atom. The fourth-order valence-electron chi connectivity index (χ4n) is 2.99. The summed E-state index contributed by atoms with van der Waals surface area (Å²) >= 11 is 5.81. The second-order valence-electron chi connectivity index (χ2n) is 6.55. The molecule has 5 atom stereocenters. The standard InChI is InChI=1S/C16H18ClO11P.Li/c1-5-7-3-2-6(4-8(7)26-16(23)9(5)17)27-29(24,25)28-15-13(21)11(19)10(18)12(20)14(15)22;/h2-4,10-15,18-22H,1H3,(H,24,25);/q;+1/p-1. The fraction of sp³-hybridized carbons (Fsp3) is 0.438. The van der Waals surface area contributed by atoms with E-state index in [4.69, 9.17) is 20.5 Å². The van der Waals surface area contributed by atoms with Gasteiger partial charge in [-0.3, -0.25) is 4.57 Å². The number of benzene rings is 1. The molecule has 160 valence electrons. The summed E-state index contributed by atoms with van der Waals surface area (Å²) in [5, 5.41) is 48.8. The van der Waals surface area contributed by atoms with Gasteiger partial charge in [-0.25, -0.2) is 4.79 Å². The van der Waals surface area contributed by atoms with Crippen molar-refractivity contribution in [1.29, 1.82) is 0 Å². The number of hydrogen-bond acceptors (Lipinski definition) is 11. The number of halogens is 1. The van der Waals surface area contributed by atoms with Crippen LogP contribution < -0.4 is 33.9 Å². The Labute approximate surface area is 186 Å². The Morgan fingerprint density at radius 1 is 1.07 bits per heavy atom. The topological polar surface area (TPSA) is 190 Å². The molecule has 14 heteroatoms. The molecule has 2 aromatic rings. The van der Waals surface area contributed by atoms with E-state index in [-0.39, 0.29) is 35.2 Å². The van der Waals surface area contributed by atoms with Gasteiger partial charge in [-0.1, -0.05) is 11.6 Å². The molecule has 0 bridgehead atoms. The van der Waals surface area contributed by atoms with Crippen LogP contribution >= 0.6 is 19.4 Å². The van der Waals surface area contributed by atoms with Crippen LogP contribution in [0, 0.1) is 6.92 Å². The van der Waals surface area contributed by atoms with Gasteiger partial charge in [0, 0.05) is 11.5 Å². The third-order valence-electron chi connectivity index (χ3n) is 4.61. The average molecular weight is 459 g/mol. The van der Waals surface area contributed by atoms with Gasteiger partial charge >= 0.3 is 32.3 Å². The smallest absolute Gasteiger partial charge is 0.746 e. The molecule has 5 unspecified atom stereocenters. The predicted molar refractivity (Wildman–Crippen MR) is 95.4 cm³/mol. The Bertz CT molecular complexity index is 1010. The molecule has 0 spiro atoms. The zero-order valence-corrected chi connectivity index (χ0v) is 17.4. The number of hydrogen-bond donors (Lipinski definition) is 5. The maximum atomic E-state index is 12.2. The number of rotatable bonds is 4. The minimum atomic E-state index is -5.26. The van der Waals surface area contributed by atoms with Crippen molar-refractivity contribution < 1.29 is 67.3 Å². The van der Waals surface area contributed by atoms with Crippen molar-refractivity contribution in [2.45, 2.75) is 43.5 Å². The third kappa shape index (κ3) is 4.77. The number of phosphoric ester groups is 1. The van der Waals surface area contributed by atoms with Crippen molar-refractivity contribution in [3.05, 3.63) is 39.2 Å². The summed E-state index contributed by atoms with van der Waals surface area (Å²) in [4.78, 5) is 23.9. The first-order chi connectivity index (χ1) is 13.4. The molecule has 1 aliphatic carbocycles. The van der Waals surface area contributed by atoms with E-state index >= 15 is 0 Å². The maximum absolute atomic E-state index is 12.2. The second kappa shape index (κ2) is 9.28. The SMILES string of the molecule is Cc1c(Cl)c(=O)oc2cc(OP(=O)([O-])OC3C(O)C(O)C(O)C(O)C3O)ccc12.[Li+]. The van der Waals surface area contributed by atoms with Crippen LogP contribution in [0.3, 0.4) is 0 Å². The molecule has 11 nitrogen and oxygen atoms in total. The molecule has 0 radical (unpaired) electrons. The number of aryl methyl sites for hydroxylation is 1. The van der Waals surface area contributed by atoms with E-state index in [1.807, 2.05) is 0 Å². The first-order valence-corrected chi connectivity index (χ1v) is 10.1.